The minimum atomic E-state index is -1.22. The van der Waals surface area contributed by atoms with Crippen molar-refractivity contribution >= 4 is 17.6 Å². The van der Waals surface area contributed by atoms with Crippen molar-refractivity contribution in [3.05, 3.63) is 27.8 Å². The molecule has 1 N–H and O–H groups in total. The number of rotatable bonds is 7. The number of hydrogen-bond donors (Lipinski definition) is 1. The highest BCUT2D eigenvalue weighted by atomic mass is 16.6. The van der Waals surface area contributed by atoms with Crippen molar-refractivity contribution in [3.8, 4) is 11.5 Å². The number of carbonyl (C=O) groups excluding carboxylic acids is 1. The van der Waals surface area contributed by atoms with Gasteiger partial charge in [0.05, 0.1) is 24.7 Å². The van der Waals surface area contributed by atoms with Gasteiger partial charge in [0.25, 0.3) is 11.6 Å². The Bertz CT molecular complexity index is 600. The molecule has 0 aliphatic heterocycles. The Balaban J connectivity index is 3.36. The monoisotopic (exact) mass is 312 g/mol. The minimum absolute atomic E-state index is 0.117. The number of benzene rings is 1. The molecule has 9 nitrogen and oxygen atoms in total. The summed E-state index contributed by atoms with van der Waals surface area (Å²) < 4.78 is 10.3. The molecule has 0 unspecified atom stereocenters. The summed E-state index contributed by atoms with van der Waals surface area (Å²) in [5.74, 6) is -1.73. The zero-order valence-electron chi connectivity index (χ0n) is 12.4. The summed E-state index contributed by atoms with van der Waals surface area (Å²) in [6, 6.07) is 2.26. The van der Waals surface area contributed by atoms with Gasteiger partial charge in [-0.2, -0.15) is 0 Å². The number of ether oxygens (including phenoxy) is 2. The first kappa shape index (κ1) is 17.2. The Labute approximate surface area is 126 Å². The van der Waals surface area contributed by atoms with Gasteiger partial charge in [0.15, 0.2) is 11.5 Å². The highest BCUT2D eigenvalue weighted by Crippen LogP contribution is 2.35. The fourth-order valence-electron chi connectivity index (χ4n) is 1.78. The lowest BCUT2D eigenvalue weighted by atomic mass is 10.1. The number of carbonyl (C=O) groups is 2. The summed E-state index contributed by atoms with van der Waals surface area (Å²) in [7, 11) is 2.56. The topological polar surface area (TPSA) is 119 Å². The van der Waals surface area contributed by atoms with E-state index in [-0.39, 0.29) is 23.7 Å². The maximum absolute atomic E-state index is 12.2. The molecule has 1 rings (SSSR count). The summed E-state index contributed by atoms with van der Waals surface area (Å²) in [4.78, 5) is 34.1. The van der Waals surface area contributed by atoms with Crippen LogP contribution in [0.4, 0.5) is 5.69 Å². The van der Waals surface area contributed by atoms with E-state index in [0.717, 1.165) is 11.0 Å². The van der Waals surface area contributed by atoms with E-state index in [9.17, 15) is 19.7 Å². The Kier molecular flexibility index (Phi) is 5.67. The van der Waals surface area contributed by atoms with Gasteiger partial charge in [-0.15, -0.1) is 0 Å². The fourth-order valence-corrected chi connectivity index (χ4v) is 1.78. The van der Waals surface area contributed by atoms with Crippen LogP contribution in [0, 0.1) is 10.1 Å². The number of amides is 1. The Morgan fingerprint density at radius 2 is 2.00 bits per heavy atom. The first-order chi connectivity index (χ1) is 10.3. The van der Waals surface area contributed by atoms with Gasteiger partial charge < -0.3 is 19.5 Å². The fraction of sp³-hybridized carbons (Fsp3) is 0.385. The number of nitro benzene ring substituents is 1. The smallest absolute Gasteiger partial charge is 0.323 e. The second-order valence-corrected chi connectivity index (χ2v) is 4.27. The van der Waals surface area contributed by atoms with Gasteiger partial charge in [-0.05, 0) is 6.92 Å². The van der Waals surface area contributed by atoms with Crippen molar-refractivity contribution in [2.75, 3.05) is 27.3 Å². The zero-order valence-corrected chi connectivity index (χ0v) is 12.4. The molecule has 0 atom stereocenters. The van der Waals surface area contributed by atoms with Gasteiger partial charge in [-0.25, -0.2) is 0 Å². The average Bonchev–Trinajstić information content (AvgIpc) is 2.45. The molecule has 9 heteroatoms. The number of carboxylic acids is 1. The number of carboxylic acid groups (broad SMARTS) is 1. The molecule has 0 radical (unpaired) electrons. The highest BCUT2D eigenvalue weighted by Gasteiger charge is 2.27. The normalized spacial score (nSPS) is 9.95. The summed E-state index contributed by atoms with van der Waals surface area (Å²) in [6.45, 7) is 1.40. The van der Waals surface area contributed by atoms with Crippen molar-refractivity contribution in [2.45, 2.75) is 6.92 Å². The first-order valence-corrected chi connectivity index (χ1v) is 6.28. The van der Waals surface area contributed by atoms with Crippen LogP contribution in [0.1, 0.15) is 17.3 Å². The molecule has 1 aromatic carbocycles. The largest absolute Gasteiger partial charge is 0.493 e. The van der Waals surface area contributed by atoms with Gasteiger partial charge in [0.2, 0.25) is 0 Å². The Hall–Kier alpha value is -2.84. The van der Waals surface area contributed by atoms with Gasteiger partial charge >= 0.3 is 5.97 Å². The van der Waals surface area contributed by atoms with E-state index in [1.807, 2.05) is 0 Å². The van der Waals surface area contributed by atoms with E-state index in [1.165, 1.54) is 20.2 Å². The molecule has 0 fully saturated rings. The van der Waals surface area contributed by atoms with Gasteiger partial charge in [0, 0.05) is 13.1 Å². The minimum Gasteiger partial charge on any atom is -0.493 e. The number of hydrogen-bond acceptors (Lipinski definition) is 6. The van der Waals surface area contributed by atoms with Gasteiger partial charge in [-0.3, -0.25) is 19.7 Å². The number of nitrogens with zero attached hydrogens (tertiary/aromatic N) is 2. The van der Waals surface area contributed by atoms with Crippen LogP contribution in [-0.2, 0) is 4.79 Å². The molecule has 1 aromatic rings. The third-order valence-electron chi connectivity index (χ3n) is 2.73. The highest BCUT2D eigenvalue weighted by molar-refractivity contribution is 6.00. The van der Waals surface area contributed by atoms with E-state index < -0.39 is 29.0 Å². The average molecular weight is 312 g/mol. The summed E-state index contributed by atoms with van der Waals surface area (Å²) >= 11 is 0. The molecule has 0 aliphatic carbocycles. The third-order valence-corrected chi connectivity index (χ3v) is 2.73. The second-order valence-electron chi connectivity index (χ2n) is 4.27. The standard InChI is InChI=1S/C13H16N2O7/c1-4-22-11-5-8(13(18)14(2)7-12(16)17)9(15(19)20)6-10(11)21-3/h5-6H,4,7H2,1-3H3,(H,16,17). The molecule has 0 saturated carbocycles. The van der Waals surface area contributed by atoms with E-state index in [2.05, 4.69) is 0 Å². The SMILES string of the molecule is CCOc1cc(C(=O)N(C)CC(=O)O)c([N+](=O)[O-])cc1OC. The molecular weight excluding hydrogens is 296 g/mol. The lowest BCUT2D eigenvalue weighted by Gasteiger charge is -2.16. The number of nitro groups is 1. The van der Waals surface area contributed by atoms with Crippen molar-refractivity contribution in [1.82, 2.24) is 4.90 Å². The first-order valence-electron chi connectivity index (χ1n) is 6.28. The molecule has 1 amide bonds. The van der Waals surface area contributed by atoms with E-state index >= 15 is 0 Å². The number of methoxy groups -OCH3 is 1. The van der Waals surface area contributed by atoms with Crippen molar-refractivity contribution in [2.24, 2.45) is 0 Å². The molecular formula is C13H16N2O7. The van der Waals surface area contributed by atoms with E-state index in [1.54, 1.807) is 6.92 Å². The Morgan fingerprint density at radius 1 is 1.36 bits per heavy atom. The van der Waals surface area contributed by atoms with Crippen LogP contribution in [0.2, 0.25) is 0 Å². The molecule has 120 valence electrons. The van der Waals surface area contributed by atoms with Crippen LogP contribution in [-0.4, -0.2) is 54.1 Å². The lowest BCUT2D eigenvalue weighted by Crippen LogP contribution is -2.32. The van der Waals surface area contributed by atoms with E-state index in [4.69, 9.17) is 14.6 Å². The summed E-state index contributed by atoms with van der Waals surface area (Å²) in [6.07, 6.45) is 0. The predicted octanol–water partition coefficient (Wildman–Crippen LogP) is 1.16. The molecule has 0 bridgehead atoms. The zero-order chi connectivity index (χ0) is 16.9. The van der Waals surface area contributed by atoms with Crippen molar-refractivity contribution in [1.29, 1.82) is 0 Å². The number of aliphatic carboxylic acids is 1. The van der Waals surface area contributed by atoms with Crippen LogP contribution < -0.4 is 9.47 Å². The van der Waals surface area contributed by atoms with Crippen LogP contribution in [0.3, 0.4) is 0 Å². The van der Waals surface area contributed by atoms with E-state index in [0.29, 0.717) is 0 Å². The summed E-state index contributed by atoms with van der Waals surface area (Å²) in [5.41, 5.74) is -0.749. The van der Waals surface area contributed by atoms with Crippen LogP contribution in [0.15, 0.2) is 12.1 Å². The van der Waals surface area contributed by atoms with Crippen molar-refractivity contribution in [3.63, 3.8) is 0 Å². The third kappa shape index (κ3) is 3.84. The van der Waals surface area contributed by atoms with Crippen molar-refractivity contribution < 1.29 is 29.1 Å². The molecule has 22 heavy (non-hydrogen) atoms. The van der Waals surface area contributed by atoms with Gasteiger partial charge in [0.1, 0.15) is 12.1 Å². The molecule has 0 aliphatic rings. The second kappa shape index (κ2) is 7.25. The Morgan fingerprint density at radius 3 is 2.45 bits per heavy atom. The maximum Gasteiger partial charge on any atom is 0.323 e. The van der Waals surface area contributed by atoms with Gasteiger partial charge in [-0.1, -0.05) is 0 Å². The van der Waals surface area contributed by atoms with Crippen LogP contribution >= 0.6 is 0 Å². The predicted molar refractivity (Wildman–Crippen MR) is 75.4 cm³/mol. The molecule has 0 spiro atoms. The molecule has 0 saturated heterocycles. The number of likely N-dealkylation sites (N-methyl/N-ethyl adjacent to an activating group) is 1. The molecule has 0 heterocycles. The quantitative estimate of drug-likeness (QED) is 0.592. The van der Waals surface area contributed by atoms with Crippen LogP contribution in [0.5, 0.6) is 11.5 Å². The van der Waals surface area contributed by atoms with Crippen LogP contribution in [0.25, 0.3) is 0 Å². The summed E-state index contributed by atoms with van der Waals surface area (Å²) in [5, 5.41) is 19.8. The maximum atomic E-state index is 12.2. The lowest BCUT2D eigenvalue weighted by molar-refractivity contribution is -0.385. The molecule has 0 aromatic heterocycles.